The molecule has 0 saturated carbocycles. The van der Waals surface area contributed by atoms with Crippen LogP contribution in [0.2, 0.25) is 0 Å². The van der Waals surface area contributed by atoms with E-state index in [-0.39, 0.29) is 6.42 Å². The van der Waals surface area contributed by atoms with E-state index in [0.717, 1.165) is 12.1 Å². The van der Waals surface area contributed by atoms with E-state index >= 15 is 0 Å². The normalized spacial score (nSPS) is 12.6. The Morgan fingerprint density at radius 2 is 1.90 bits per heavy atom. The summed E-state index contributed by atoms with van der Waals surface area (Å²) in [6, 6.07) is 3.22. The number of hydrogen-bond donors (Lipinski definition) is 2. The first kappa shape index (κ1) is 16.7. The number of halogens is 3. The lowest BCUT2D eigenvalue weighted by Crippen LogP contribution is -2.45. The number of amides is 2. The highest BCUT2D eigenvalue weighted by Crippen LogP contribution is 2.31. The van der Waals surface area contributed by atoms with Crippen LogP contribution in [0, 0.1) is 0 Å². The molecule has 0 unspecified atom stereocenters. The number of nitrogens with one attached hydrogen (secondary N) is 1. The fourth-order valence-corrected chi connectivity index (χ4v) is 1.74. The molecule has 7 heteroatoms. The van der Waals surface area contributed by atoms with Gasteiger partial charge in [0.15, 0.2) is 0 Å². The van der Waals surface area contributed by atoms with Crippen LogP contribution in [0.4, 0.5) is 13.2 Å². The molecular formula is C14H15F3N2O2. The first-order chi connectivity index (χ1) is 9.62. The Bertz CT molecular complexity index is 568. The number of alkyl halides is 3. The molecule has 0 saturated heterocycles. The summed E-state index contributed by atoms with van der Waals surface area (Å²) >= 11 is 0. The largest absolute Gasteiger partial charge is 0.417 e. The van der Waals surface area contributed by atoms with Crippen molar-refractivity contribution < 1.29 is 22.8 Å². The Labute approximate surface area is 119 Å². The van der Waals surface area contributed by atoms with Crippen LogP contribution in [0.1, 0.15) is 29.3 Å². The summed E-state index contributed by atoms with van der Waals surface area (Å²) in [7, 11) is 0. The van der Waals surface area contributed by atoms with Crippen molar-refractivity contribution in [3.8, 4) is 0 Å². The summed E-state index contributed by atoms with van der Waals surface area (Å²) in [4.78, 5) is 23.2. The van der Waals surface area contributed by atoms with Gasteiger partial charge >= 0.3 is 6.18 Å². The second kappa shape index (κ2) is 6.43. The van der Waals surface area contributed by atoms with E-state index in [1.807, 2.05) is 0 Å². The van der Waals surface area contributed by atoms with Crippen LogP contribution in [0.15, 0.2) is 36.4 Å². The minimum atomic E-state index is -4.66. The number of rotatable bonds is 5. The van der Waals surface area contributed by atoms with Gasteiger partial charge in [0, 0.05) is 0 Å². The van der Waals surface area contributed by atoms with Crippen molar-refractivity contribution in [3.05, 3.63) is 47.5 Å². The van der Waals surface area contributed by atoms with E-state index in [1.54, 1.807) is 6.92 Å². The molecule has 0 bridgehead atoms. The van der Waals surface area contributed by atoms with E-state index in [4.69, 9.17) is 5.73 Å². The van der Waals surface area contributed by atoms with Gasteiger partial charge in [-0.1, -0.05) is 17.7 Å². The molecule has 0 aromatic heterocycles. The van der Waals surface area contributed by atoms with Gasteiger partial charge in [0.25, 0.3) is 5.91 Å². The topological polar surface area (TPSA) is 72.2 Å². The number of hydrogen-bond acceptors (Lipinski definition) is 2. The van der Waals surface area contributed by atoms with Crippen LogP contribution >= 0.6 is 0 Å². The fourth-order valence-electron chi connectivity index (χ4n) is 1.74. The summed E-state index contributed by atoms with van der Waals surface area (Å²) in [5, 5.41) is 2.20. The fraction of sp³-hybridized carbons (Fsp3) is 0.286. The summed E-state index contributed by atoms with van der Waals surface area (Å²) in [5.74, 6) is -1.84. The van der Waals surface area contributed by atoms with Gasteiger partial charge in [0.1, 0.15) is 6.04 Å². The molecule has 1 aromatic rings. The molecule has 0 heterocycles. The van der Waals surface area contributed by atoms with Gasteiger partial charge in [-0.3, -0.25) is 9.59 Å². The number of primary amides is 1. The van der Waals surface area contributed by atoms with E-state index in [2.05, 4.69) is 11.9 Å². The third-order valence-electron chi connectivity index (χ3n) is 2.68. The SMILES string of the molecule is C=C(C)C[C@H](NC(=O)c1ccccc1C(F)(F)F)C(N)=O. The summed E-state index contributed by atoms with van der Waals surface area (Å²) in [5.41, 5.74) is 4.06. The van der Waals surface area contributed by atoms with Gasteiger partial charge in [0.05, 0.1) is 11.1 Å². The van der Waals surface area contributed by atoms with Gasteiger partial charge in [-0.2, -0.15) is 13.2 Å². The van der Waals surface area contributed by atoms with Crippen molar-refractivity contribution in [2.75, 3.05) is 0 Å². The molecule has 0 aliphatic carbocycles. The predicted octanol–water partition coefficient (Wildman–Crippen LogP) is 2.26. The Morgan fingerprint density at radius 1 is 1.33 bits per heavy atom. The van der Waals surface area contributed by atoms with Crippen LogP contribution in [-0.4, -0.2) is 17.9 Å². The standard InChI is InChI=1S/C14H15F3N2O2/c1-8(2)7-11(12(18)20)19-13(21)9-5-3-4-6-10(9)14(15,16)17/h3-6,11H,1,7H2,2H3,(H2,18,20)(H,19,21)/t11-/m0/s1. The van der Waals surface area contributed by atoms with Gasteiger partial charge in [-0.05, 0) is 25.5 Å². The zero-order chi connectivity index (χ0) is 16.2. The summed E-state index contributed by atoms with van der Waals surface area (Å²) in [6.07, 6.45) is -4.60. The van der Waals surface area contributed by atoms with E-state index in [1.165, 1.54) is 12.1 Å². The molecular weight excluding hydrogens is 285 g/mol. The van der Waals surface area contributed by atoms with Crippen LogP contribution in [0.3, 0.4) is 0 Å². The van der Waals surface area contributed by atoms with Crippen molar-refractivity contribution in [1.82, 2.24) is 5.32 Å². The third kappa shape index (κ3) is 4.62. The predicted molar refractivity (Wildman–Crippen MR) is 71.3 cm³/mol. The molecule has 1 rings (SSSR count). The lowest BCUT2D eigenvalue weighted by atomic mass is 10.0. The highest BCUT2D eigenvalue weighted by molar-refractivity contribution is 5.98. The van der Waals surface area contributed by atoms with E-state index in [9.17, 15) is 22.8 Å². The molecule has 1 atom stereocenters. The van der Waals surface area contributed by atoms with Gasteiger partial charge in [0.2, 0.25) is 5.91 Å². The minimum absolute atomic E-state index is 0.0647. The van der Waals surface area contributed by atoms with Crippen LogP contribution < -0.4 is 11.1 Å². The highest BCUT2D eigenvalue weighted by Gasteiger charge is 2.35. The quantitative estimate of drug-likeness (QED) is 0.819. The second-order valence-electron chi connectivity index (χ2n) is 4.63. The van der Waals surface area contributed by atoms with Crippen molar-refractivity contribution >= 4 is 11.8 Å². The maximum Gasteiger partial charge on any atom is 0.417 e. The van der Waals surface area contributed by atoms with Crippen molar-refractivity contribution in [1.29, 1.82) is 0 Å². The van der Waals surface area contributed by atoms with Crippen molar-refractivity contribution in [2.45, 2.75) is 25.6 Å². The molecule has 0 fully saturated rings. The second-order valence-corrected chi connectivity index (χ2v) is 4.63. The van der Waals surface area contributed by atoms with Crippen LogP contribution in [-0.2, 0) is 11.0 Å². The number of benzene rings is 1. The number of nitrogens with two attached hydrogens (primary N) is 1. The lowest BCUT2D eigenvalue weighted by Gasteiger charge is -2.17. The maximum atomic E-state index is 12.8. The maximum absolute atomic E-state index is 12.8. The molecule has 0 aliphatic rings. The van der Waals surface area contributed by atoms with E-state index < -0.39 is 35.2 Å². The van der Waals surface area contributed by atoms with E-state index in [0.29, 0.717) is 5.57 Å². The molecule has 3 N–H and O–H groups in total. The molecule has 1 aromatic carbocycles. The molecule has 0 spiro atoms. The molecule has 4 nitrogen and oxygen atoms in total. The molecule has 114 valence electrons. The first-order valence-corrected chi connectivity index (χ1v) is 6.03. The monoisotopic (exact) mass is 300 g/mol. The zero-order valence-electron chi connectivity index (χ0n) is 11.3. The Morgan fingerprint density at radius 3 is 2.38 bits per heavy atom. The lowest BCUT2D eigenvalue weighted by molar-refractivity contribution is -0.137. The van der Waals surface area contributed by atoms with Crippen LogP contribution in [0.25, 0.3) is 0 Å². The number of carbonyl (C=O) groups excluding carboxylic acids is 2. The van der Waals surface area contributed by atoms with Gasteiger partial charge in [-0.25, -0.2) is 0 Å². The smallest absolute Gasteiger partial charge is 0.368 e. The number of carbonyl (C=O) groups is 2. The van der Waals surface area contributed by atoms with Crippen molar-refractivity contribution in [2.24, 2.45) is 5.73 Å². The summed E-state index contributed by atoms with van der Waals surface area (Å²) in [6.45, 7) is 5.19. The minimum Gasteiger partial charge on any atom is -0.368 e. The average Bonchev–Trinajstić information content (AvgIpc) is 2.36. The zero-order valence-corrected chi connectivity index (χ0v) is 11.3. The van der Waals surface area contributed by atoms with Crippen LogP contribution in [0.5, 0.6) is 0 Å². The third-order valence-corrected chi connectivity index (χ3v) is 2.68. The molecule has 0 radical (unpaired) electrons. The summed E-state index contributed by atoms with van der Waals surface area (Å²) < 4.78 is 38.5. The molecule has 2 amide bonds. The Balaban J connectivity index is 3.04. The van der Waals surface area contributed by atoms with Gasteiger partial charge in [-0.15, -0.1) is 6.58 Å². The molecule has 21 heavy (non-hydrogen) atoms. The Kier molecular flexibility index (Phi) is 5.12. The Hall–Kier alpha value is -2.31. The molecule has 0 aliphatic heterocycles. The first-order valence-electron chi connectivity index (χ1n) is 6.03. The van der Waals surface area contributed by atoms with Crippen molar-refractivity contribution in [3.63, 3.8) is 0 Å². The highest BCUT2D eigenvalue weighted by atomic mass is 19.4. The average molecular weight is 300 g/mol. The van der Waals surface area contributed by atoms with Gasteiger partial charge < -0.3 is 11.1 Å².